The highest BCUT2D eigenvalue weighted by Gasteiger charge is 2.49. The van der Waals surface area contributed by atoms with E-state index in [1.165, 1.54) is 5.56 Å². The van der Waals surface area contributed by atoms with E-state index < -0.39 is 26.8 Å². The molecule has 1 N–H and O–H groups in total. The molecule has 1 amide bonds. The Morgan fingerprint density at radius 1 is 0.981 bits per heavy atom. The first-order chi connectivity index (χ1) is 25.4. The number of rotatable bonds is 3. The van der Waals surface area contributed by atoms with Crippen LogP contribution in [0.2, 0.25) is 5.02 Å². The second-order valence-electron chi connectivity index (χ2n) is 16.4. The molecule has 53 heavy (non-hydrogen) atoms. The molecule has 0 radical (unpaired) electrons. The molecule has 3 fully saturated rings. The van der Waals surface area contributed by atoms with Crippen molar-refractivity contribution in [3.05, 3.63) is 70.3 Å². The summed E-state index contributed by atoms with van der Waals surface area (Å²) in [6.45, 7) is 12.8. The van der Waals surface area contributed by atoms with Gasteiger partial charge in [-0.1, -0.05) is 36.7 Å². The zero-order valence-electron chi connectivity index (χ0n) is 31.9. The molecule has 1 saturated carbocycles. The zero-order chi connectivity index (χ0) is 37.3. The van der Waals surface area contributed by atoms with Crippen molar-refractivity contribution < 1.29 is 22.7 Å². The van der Waals surface area contributed by atoms with Crippen LogP contribution in [0.4, 0.5) is 5.69 Å². The fourth-order valence-corrected chi connectivity index (χ4v) is 10.8. The summed E-state index contributed by atoms with van der Waals surface area (Å²) in [6.07, 6.45) is 9.97. The van der Waals surface area contributed by atoms with Gasteiger partial charge in [0, 0.05) is 82.6 Å². The van der Waals surface area contributed by atoms with E-state index in [9.17, 15) is 13.2 Å². The fourth-order valence-electron chi connectivity index (χ4n) is 9.30. The number of anilines is 1. The standard InChI is InChI=1S/C41H58ClN5O5S/c1-29-8-7-16-41(51-4,28-45-19-21-46-20-18-44(3)25-36(46)26-45)37-14-11-33(37)24-47-17-6-5-9-31-22-35(42)13-10-34(31)27-52-39-15-12-32(23-38(39)47)40(48)43-53(49,50)30(29)2/h7,10,12-13,15-16,22-23,29-30,33,36-37H,5-6,8-9,11,14,17-21,24-28H2,1-4H3,(H,43,48)/b16-7+/t29-,30+,33-,36-,37+,41+/m0/s1. The van der Waals surface area contributed by atoms with Gasteiger partial charge in [0.2, 0.25) is 10.0 Å². The quantitative estimate of drug-likeness (QED) is 0.410. The van der Waals surface area contributed by atoms with Gasteiger partial charge in [-0.2, -0.15) is 0 Å². The van der Waals surface area contributed by atoms with Crippen molar-refractivity contribution in [2.24, 2.45) is 17.8 Å². The molecule has 1 aliphatic carbocycles. The van der Waals surface area contributed by atoms with Crippen molar-refractivity contribution in [3.8, 4) is 5.75 Å². The highest BCUT2D eigenvalue weighted by atomic mass is 35.5. The summed E-state index contributed by atoms with van der Waals surface area (Å²) in [5, 5.41) is -0.0545. The number of aryl methyl sites for hydroxylation is 1. The Kier molecular flexibility index (Phi) is 11.8. The number of halogens is 1. The average molecular weight is 768 g/mol. The van der Waals surface area contributed by atoms with Crippen LogP contribution >= 0.6 is 11.6 Å². The summed E-state index contributed by atoms with van der Waals surface area (Å²) < 4.78 is 42.9. The number of carbonyl (C=O) groups is 1. The minimum atomic E-state index is -3.95. The van der Waals surface area contributed by atoms with E-state index >= 15 is 0 Å². The first-order valence-corrected chi connectivity index (χ1v) is 21.6. The number of carbonyl (C=O) groups excluding carboxylic acids is 1. The molecule has 4 heterocycles. The highest BCUT2D eigenvalue weighted by molar-refractivity contribution is 7.90. The number of fused-ring (bicyclic) bond motifs is 4. The summed E-state index contributed by atoms with van der Waals surface area (Å²) in [7, 11) is 0.131. The zero-order valence-corrected chi connectivity index (χ0v) is 33.5. The van der Waals surface area contributed by atoms with Gasteiger partial charge in [0.1, 0.15) is 18.0 Å². The molecular formula is C41H58ClN5O5S. The van der Waals surface area contributed by atoms with E-state index in [1.54, 1.807) is 13.0 Å². The summed E-state index contributed by atoms with van der Waals surface area (Å²) >= 11 is 6.41. The molecule has 0 aromatic heterocycles. The third-order valence-electron chi connectivity index (χ3n) is 13.0. The van der Waals surface area contributed by atoms with Gasteiger partial charge in [0.25, 0.3) is 5.91 Å². The number of piperazine rings is 2. The van der Waals surface area contributed by atoms with Crippen LogP contribution in [0.25, 0.3) is 0 Å². The Morgan fingerprint density at radius 3 is 2.60 bits per heavy atom. The lowest BCUT2D eigenvalue weighted by Gasteiger charge is -2.53. The van der Waals surface area contributed by atoms with E-state index in [0.29, 0.717) is 36.3 Å². The van der Waals surface area contributed by atoms with Crippen LogP contribution < -0.4 is 14.4 Å². The lowest BCUT2D eigenvalue weighted by atomic mass is 9.63. The lowest BCUT2D eigenvalue weighted by molar-refractivity contribution is -0.101. The number of benzene rings is 2. The van der Waals surface area contributed by atoms with E-state index in [0.717, 1.165) is 107 Å². The fraction of sp³-hybridized carbons (Fsp3) is 0.634. The summed E-state index contributed by atoms with van der Waals surface area (Å²) in [5.41, 5.74) is 2.89. The molecule has 2 aromatic carbocycles. The Hall–Kier alpha value is -2.67. The molecule has 6 atom stereocenters. The van der Waals surface area contributed by atoms with Gasteiger partial charge in [0.15, 0.2) is 0 Å². The van der Waals surface area contributed by atoms with Crippen molar-refractivity contribution in [1.29, 1.82) is 0 Å². The first kappa shape index (κ1) is 38.6. The molecule has 5 aliphatic rings. The second-order valence-corrected chi connectivity index (χ2v) is 18.8. The van der Waals surface area contributed by atoms with Crippen LogP contribution in [0.15, 0.2) is 48.6 Å². The minimum Gasteiger partial charge on any atom is -0.487 e. The van der Waals surface area contributed by atoms with Crippen molar-refractivity contribution in [2.75, 3.05) is 78.0 Å². The third-order valence-corrected chi connectivity index (χ3v) is 15.2. The SMILES string of the molecule is CO[C@@]1(CN2CCN3CCN(C)C[C@H]3C2)/C=C/C[C@H](C)[C@@H](C)S(=O)(=O)NC(=O)c2ccc3c(c2)N(CCCCc2cc(Cl)ccc2CO3)C[C@@H]2CC[C@H]21. The minimum absolute atomic E-state index is 0.216. The number of ether oxygens (including phenoxy) is 2. The highest BCUT2D eigenvalue weighted by Crippen LogP contribution is 2.47. The smallest absolute Gasteiger partial charge is 0.264 e. The van der Waals surface area contributed by atoms with Gasteiger partial charge in [-0.3, -0.25) is 14.6 Å². The van der Waals surface area contributed by atoms with E-state index in [4.69, 9.17) is 21.1 Å². The Bertz CT molecular complexity index is 1770. The molecule has 7 rings (SSSR count). The maximum atomic E-state index is 13.6. The van der Waals surface area contributed by atoms with Gasteiger partial charge in [-0.05, 0) is 112 Å². The van der Waals surface area contributed by atoms with Gasteiger partial charge in [-0.25, -0.2) is 13.1 Å². The lowest BCUT2D eigenvalue weighted by Crippen LogP contribution is -2.64. The normalized spacial score (nSPS) is 32.4. The monoisotopic (exact) mass is 767 g/mol. The Balaban J connectivity index is 1.24. The molecule has 0 spiro atoms. The molecule has 0 unspecified atom stereocenters. The maximum Gasteiger partial charge on any atom is 0.264 e. The van der Waals surface area contributed by atoms with Gasteiger partial charge < -0.3 is 19.3 Å². The molecule has 12 heteroatoms. The van der Waals surface area contributed by atoms with Crippen LogP contribution in [0, 0.1) is 17.8 Å². The number of sulfonamides is 1. The number of likely N-dealkylation sites (N-methyl/N-ethyl adjacent to an activating group) is 1. The Labute approximate surface area is 321 Å². The third kappa shape index (κ3) is 8.45. The van der Waals surface area contributed by atoms with Crippen LogP contribution in [0.5, 0.6) is 5.75 Å². The Morgan fingerprint density at radius 2 is 1.81 bits per heavy atom. The number of hydrogen-bond acceptors (Lipinski definition) is 9. The number of nitrogens with zero attached hydrogens (tertiary/aromatic N) is 4. The molecule has 4 aliphatic heterocycles. The van der Waals surface area contributed by atoms with Crippen LogP contribution in [-0.4, -0.2) is 119 Å². The largest absolute Gasteiger partial charge is 0.487 e. The van der Waals surface area contributed by atoms with Crippen LogP contribution in [-0.2, 0) is 27.8 Å². The maximum absolute atomic E-state index is 13.6. The van der Waals surface area contributed by atoms with E-state index in [2.05, 4.69) is 43.5 Å². The van der Waals surface area contributed by atoms with Crippen molar-refractivity contribution in [2.45, 2.75) is 75.9 Å². The van der Waals surface area contributed by atoms with E-state index in [1.807, 2.05) is 44.4 Å². The molecule has 2 saturated heterocycles. The summed E-state index contributed by atoms with van der Waals surface area (Å²) in [5.74, 6) is 0.484. The van der Waals surface area contributed by atoms with Crippen molar-refractivity contribution in [3.63, 3.8) is 0 Å². The number of nitrogens with one attached hydrogen (secondary N) is 1. The summed E-state index contributed by atoms with van der Waals surface area (Å²) in [4.78, 5) is 23.7. The predicted molar refractivity (Wildman–Crippen MR) is 211 cm³/mol. The van der Waals surface area contributed by atoms with Gasteiger partial charge >= 0.3 is 0 Å². The van der Waals surface area contributed by atoms with Crippen molar-refractivity contribution in [1.82, 2.24) is 19.4 Å². The van der Waals surface area contributed by atoms with E-state index in [-0.39, 0.29) is 11.8 Å². The van der Waals surface area contributed by atoms with Crippen LogP contribution in [0.3, 0.4) is 0 Å². The molecular weight excluding hydrogens is 710 g/mol. The van der Waals surface area contributed by atoms with Gasteiger partial charge in [0.05, 0.1) is 10.9 Å². The second kappa shape index (κ2) is 16.2. The number of allylic oxidation sites excluding steroid dienone is 1. The predicted octanol–water partition coefficient (Wildman–Crippen LogP) is 5.45. The molecule has 10 nitrogen and oxygen atoms in total. The molecule has 290 valence electrons. The van der Waals surface area contributed by atoms with Crippen LogP contribution in [0.1, 0.15) is 67.4 Å². The van der Waals surface area contributed by atoms with Gasteiger partial charge in [-0.15, -0.1) is 0 Å². The first-order valence-electron chi connectivity index (χ1n) is 19.7. The number of hydrogen-bond donors (Lipinski definition) is 1. The molecule has 2 bridgehead atoms. The average Bonchev–Trinajstić information content (AvgIpc) is 3.15. The topological polar surface area (TPSA) is 94.7 Å². The molecule has 2 aromatic rings. The number of amides is 1. The number of methoxy groups -OCH3 is 1. The summed E-state index contributed by atoms with van der Waals surface area (Å²) in [6, 6.07) is 11.8. The van der Waals surface area contributed by atoms with Crippen molar-refractivity contribution >= 4 is 33.2 Å².